The zero-order valence-electron chi connectivity index (χ0n) is 19.0. The average molecular weight is 478 g/mol. The normalized spacial score (nSPS) is 23.3. The number of para-hydroxylation sites is 1. The number of piperidine rings is 1. The lowest BCUT2D eigenvalue weighted by Crippen LogP contribution is -2.51. The Morgan fingerprint density at radius 1 is 1.15 bits per heavy atom. The van der Waals surface area contributed by atoms with E-state index in [1.165, 1.54) is 0 Å². The van der Waals surface area contributed by atoms with Gasteiger partial charge in [-0.1, -0.05) is 55.8 Å². The fraction of sp³-hybridized carbons (Fsp3) is 0.360. The number of hydrogen-bond acceptors (Lipinski definition) is 6. The topological polar surface area (TPSA) is 94.6 Å². The van der Waals surface area contributed by atoms with E-state index in [0.717, 1.165) is 46.0 Å². The highest BCUT2D eigenvalue weighted by Gasteiger charge is 2.52. The molecule has 34 heavy (non-hydrogen) atoms. The van der Waals surface area contributed by atoms with Crippen LogP contribution in [0.2, 0.25) is 0 Å². The van der Waals surface area contributed by atoms with Gasteiger partial charge in [0.2, 0.25) is 0 Å². The second kappa shape index (κ2) is 9.15. The molecule has 176 valence electrons. The van der Waals surface area contributed by atoms with Gasteiger partial charge in [-0.3, -0.25) is 19.9 Å². The van der Waals surface area contributed by atoms with E-state index in [4.69, 9.17) is 4.98 Å². The van der Waals surface area contributed by atoms with Crippen molar-refractivity contribution in [3.8, 4) is 0 Å². The summed E-state index contributed by atoms with van der Waals surface area (Å²) in [5, 5.41) is 4.62. The van der Waals surface area contributed by atoms with E-state index in [1.807, 2.05) is 55.5 Å². The number of nitrogens with zero attached hydrogens (tertiary/aromatic N) is 3. The number of urea groups is 1. The maximum Gasteiger partial charge on any atom is 0.344 e. The summed E-state index contributed by atoms with van der Waals surface area (Å²) in [6.07, 6.45) is 3.36. The molecule has 2 aliphatic rings. The maximum absolute atomic E-state index is 13.3. The minimum absolute atomic E-state index is 0.0408. The summed E-state index contributed by atoms with van der Waals surface area (Å²) in [6.45, 7) is 2.69. The molecule has 1 aromatic heterocycles. The summed E-state index contributed by atoms with van der Waals surface area (Å²) in [5.74, 6) is -0.864. The van der Waals surface area contributed by atoms with Gasteiger partial charge in [0.25, 0.3) is 11.8 Å². The van der Waals surface area contributed by atoms with Gasteiger partial charge >= 0.3 is 6.03 Å². The minimum Gasteiger partial charge on any atom is -0.318 e. The van der Waals surface area contributed by atoms with E-state index in [2.05, 4.69) is 21.7 Å². The highest BCUT2D eigenvalue weighted by atomic mass is 32.1. The number of fused-ring (bicyclic) bond motifs is 1. The van der Waals surface area contributed by atoms with Crippen molar-refractivity contribution in [3.05, 3.63) is 65.2 Å². The average Bonchev–Trinajstić information content (AvgIpc) is 3.40. The summed E-state index contributed by atoms with van der Waals surface area (Å²) < 4.78 is 1.13. The lowest BCUT2D eigenvalue weighted by atomic mass is 9.87. The molecule has 0 spiro atoms. The van der Waals surface area contributed by atoms with Crippen LogP contribution in [0, 0.1) is 0 Å². The SMILES string of the molecule is CC[C@]1(c2ccccc2)NC(=O)N(NC(=O)CN2CCCC[C@H]2c2nc3ccccc3s2)C1=O. The number of carbonyl (C=O) groups excluding carboxylic acids is 3. The molecule has 0 aliphatic carbocycles. The van der Waals surface area contributed by atoms with Gasteiger partial charge in [0.1, 0.15) is 10.5 Å². The molecule has 2 N–H and O–H groups in total. The monoisotopic (exact) mass is 477 g/mol. The first kappa shape index (κ1) is 22.5. The standard InChI is InChI=1S/C25H27N5O3S/c1-2-25(17-10-4-3-5-11-17)23(32)30(24(33)27-25)28-21(31)16-29-15-9-8-13-19(29)22-26-18-12-6-7-14-20(18)34-22/h3-7,10-12,14,19H,2,8-9,13,15-16H2,1H3,(H,27,33)(H,28,31)/t19-,25+/m0/s1. The van der Waals surface area contributed by atoms with Gasteiger partial charge in [-0.05, 0) is 43.5 Å². The van der Waals surface area contributed by atoms with E-state index >= 15 is 0 Å². The van der Waals surface area contributed by atoms with Gasteiger partial charge in [-0.25, -0.2) is 9.78 Å². The second-order valence-corrected chi connectivity index (χ2v) is 9.79. The number of rotatable bonds is 6. The minimum atomic E-state index is -1.18. The van der Waals surface area contributed by atoms with Gasteiger partial charge in [0, 0.05) is 0 Å². The number of benzene rings is 2. The summed E-state index contributed by atoms with van der Waals surface area (Å²) in [5.41, 5.74) is 3.04. The van der Waals surface area contributed by atoms with Crippen LogP contribution in [-0.2, 0) is 15.1 Å². The van der Waals surface area contributed by atoms with Crippen molar-refractivity contribution in [3.63, 3.8) is 0 Å². The molecule has 2 fully saturated rings. The number of thiazole rings is 1. The van der Waals surface area contributed by atoms with E-state index in [-0.39, 0.29) is 12.6 Å². The molecule has 0 unspecified atom stereocenters. The third-order valence-corrected chi connectivity index (χ3v) is 7.82. The molecule has 3 aromatic rings. The van der Waals surface area contributed by atoms with E-state index < -0.39 is 23.4 Å². The highest BCUT2D eigenvalue weighted by molar-refractivity contribution is 7.18. The molecule has 9 heteroatoms. The number of likely N-dealkylation sites (tertiary alicyclic amines) is 1. The first-order chi connectivity index (χ1) is 16.5. The van der Waals surface area contributed by atoms with Crippen LogP contribution >= 0.6 is 11.3 Å². The first-order valence-electron chi connectivity index (χ1n) is 11.6. The highest BCUT2D eigenvalue weighted by Crippen LogP contribution is 2.35. The number of amides is 4. The lowest BCUT2D eigenvalue weighted by Gasteiger charge is -2.34. The molecule has 0 bridgehead atoms. The van der Waals surface area contributed by atoms with Crippen LogP contribution < -0.4 is 10.7 Å². The molecule has 0 saturated carbocycles. The first-order valence-corrected chi connectivity index (χ1v) is 12.4. The molecule has 4 amide bonds. The van der Waals surface area contributed by atoms with Gasteiger partial charge < -0.3 is 5.32 Å². The predicted octanol–water partition coefficient (Wildman–Crippen LogP) is 3.71. The fourth-order valence-electron chi connectivity index (χ4n) is 4.88. The quantitative estimate of drug-likeness (QED) is 0.528. The summed E-state index contributed by atoms with van der Waals surface area (Å²) >= 11 is 1.66. The Hall–Kier alpha value is -3.30. The number of nitrogens with one attached hydrogen (secondary N) is 2. The molecule has 8 nitrogen and oxygen atoms in total. The van der Waals surface area contributed by atoms with Crippen molar-refractivity contribution in [2.24, 2.45) is 0 Å². The van der Waals surface area contributed by atoms with Crippen LogP contribution in [0.15, 0.2) is 54.6 Å². The summed E-state index contributed by atoms with van der Waals surface area (Å²) in [6, 6.07) is 16.6. The molecule has 5 rings (SSSR count). The van der Waals surface area contributed by atoms with Crippen LogP contribution in [0.4, 0.5) is 4.79 Å². The summed E-state index contributed by atoms with van der Waals surface area (Å²) in [4.78, 5) is 45.9. The van der Waals surface area contributed by atoms with Gasteiger partial charge in [0.15, 0.2) is 0 Å². The zero-order chi connectivity index (χ0) is 23.7. The molecular weight excluding hydrogens is 450 g/mol. The van der Waals surface area contributed by atoms with Crippen molar-refractivity contribution in [2.45, 2.75) is 44.2 Å². The fourth-order valence-corrected chi connectivity index (χ4v) is 6.01. The molecule has 2 saturated heterocycles. The number of imide groups is 1. The lowest BCUT2D eigenvalue weighted by molar-refractivity contribution is -0.140. The van der Waals surface area contributed by atoms with Crippen molar-refractivity contribution < 1.29 is 14.4 Å². The van der Waals surface area contributed by atoms with Gasteiger partial charge in [-0.2, -0.15) is 5.01 Å². The van der Waals surface area contributed by atoms with Crippen LogP contribution in [0.5, 0.6) is 0 Å². The molecule has 3 heterocycles. The number of hydrazine groups is 1. The smallest absolute Gasteiger partial charge is 0.318 e. The third-order valence-electron chi connectivity index (χ3n) is 6.68. The maximum atomic E-state index is 13.3. The molecular formula is C25H27N5O3S. The largest absolute Gasteiger partial charge is 0.344 e. The Labute approximate surface area is 201 Å². The van der Waals surface area contributed by atoms with Crippen LogP contribution in [0.25, 0.3) is 10.2 Å². The molecule has 2 aromatic carbocycles. The Balaban J connectivity index is 1.31. The van der Waals surface area contributed by atoms with Crippen molar-refractivity contribution in [2.75, 3.05) is 13.1 Å². The molecule has 2 atom stereocenters. The molecule has 0 radical (unpaired) electrons. The Kier molecular flexibility index (Phi) is 6.05. The predicted molar refractivity (Wildman–Crippen MR) is 130 cm³/mol. The van der Waals surface area contributed by atoms with Gasteiger partial charge in [0.05, 0.1) is 22.8 Å². The van der Waals surface area contributed by atoms with E-state index in [0.29, 0.717) is 12.0 Å². The van der Waals surface area contributed by atoms with Crippen molar-refractivity contribution >= 4 is 39.4 Å². The number of hydrogen-bond donors (Lipinski definition) is 2. The van der Waals surface area contributed by atoms with Crippen molar-refractivity contribution in [1.82, 2.24) is 25.6 Å². The molecule has 2 aliphatic heterocycles. The number of carbonyl (C=O) groups is 3. The van der Waals surface area contributed by atoms with Crippen LogP contribution in [-0.4, -0.2) is 45.8 Å². The van der Waals surface area contributed by atoms with E-state index in [9.17, 15) is 14.4 Å². The zero-order valence-corrected chi connectivity index (χ0v) is 19.8. The second-order valence-electron chi connectivity index (χ2n) is 8.73. The third kappa shape index (κ3) is 3.95. The Morgan fingerprint density at radius 3 is 2.68 bits per heavy atom. The van der Waals surface area contributed by atoms with Crippen LogP contribution in [0.1, 0.15) is 49.2 Å². The Morgan fingerprint density at radius 2 is 1.91 bits per heavy atom. The van der Waals surface area contributed by atoms with E-state index in [1.54, 1.807) is 11.3 Å². The summed E-state index contributed by atoms with van der Waals surface area (Å²) in [7, 11) is 0. The number of aromatic nitrogens is 1. The van der Waals surface area contributed by atoms with Crippen LogP contribution in [0.3, 0.4) is 0 Å². The van der Waals surface area contributed by atoms with Crippen molar-refractivity contribution in [1.29, 1.82) is 0 Å². The Bertz CT molecular complexity index is 1200. The van der Waals surface area contributed by atoms with Gasteiger partial charge in [-0.15, -0.1) is 11.3 Å².